The van der Waals surface area contributed by atoms with Crippen molar-refractivity contribution in [3.8, 4) is 0 Å². The number of nitrogens with one attached hydrogen (secondary N) is 2. The molecule has 0 bridgehead atoms. The first-order chi connectivity index (χ1) is 8.42. The van der Waals surface area contributed by atoms with Crippen molar-refractivity contribution in [3.05, 3.63) is 11.4 Å². The van der Waals surface area contributed by atoms with E-state index in [4.69, 9.17) is 4.74 Å². The summed E-state index contributed by atoms with van der Waals surface area (Å²) >= 11 is 0. The zero-order valence-corrected chi connectivity index (χ0v) is 12.1. The van der Waals surface area contributed by atoms with Gasteiger partial charge in [0.25, 0.3) is 0 Å². The second-order valence-electron chi connectivity index (χ2n) is 4.33. The zero-order valence-electron chi connectivity index (χ0n) is 11.3. The van der Waals surface area contributed by atoms with Crippen molar-refractivity contribution in [3.63, 3.8) is 0 Å². The highest BCUT2D eigenvalue weighted by Gasteiger charge is 2.25. The van der Waals surface area contributed by atoms with E-state index in [1.807, 2.05) is 6.92 Å². The number of hydrogen-bond donors (Lipinski definition) is 2. The Bertz CT molecular complexity index is 456. The first kappa shape index (κ1) is 15.1. The number of methoxy groups -OCH3 is 1. The van der Waals surface area contributed by atoms with E-state index in [1.165, 1.54) is 0 Å². The summed E-state index contributed by atoms with van der Waals surface area (Å²) in [7, 11) is -1.98. The average Bonchev–Trinajstić information content (AvgIpc) is 2.59. The molecule has 1 rings (SSSR count). The largest absolute Gasteiger partial charge is 0.383 e. The van der Waals surface area contributed by atoms with Crippen LogP contribution < -0.4 is 4.72 Å². The van der Waals surface area contributed by atoms with Gasteiger partial charge in [0.05, 0.1) is 18.0 Å². The fourth-order valence-corrected chi connectivity index (χ4v) is 3.57. The fourth-order valence-electron chi connectivity index (χ4n) is 1.94. The summed E-state index contributed by atoms with van der Waals surface area (Å²) in [5.41, 5.74) is 1.03. The molecule has 1 atom stereocenters. The molecule has 1 aromatic rings. The van der Waals surface area contributed by atoms with Gasteiger partial charge in [-0.25, -0.2) is 13.1 Å². The maximum absolute atomic E-state index is 12.3. The smallest absolute Gasteiger partial charge is 0.244 e. The van der Waals surface area contributed by atoms with Gasteiger partial charge in [0, 0.05) is 13.2 Å². The lowest BCUT2D eigenvalue weighted by Crippen LogP contribution is -2.38. The van der Waals surface area contributed by atoms with Crippen molar-refractivity contribution in [2.24, 2.45) is 0 Å². The van der Waals surface area contributed by atoms with Crippen molar-refractivity contribution >= 4 is 10.0 Å². The molecule has 0 spiro atoms. The van der Waals surface area contributed by atoms with E-state index >= 15 is 0 Å². The molecule has 0 radical (unpaired) electrons. The SMILES string of the molecule is CCCC(COC)NS(=O)(=O)c1c(C)n[nH]c1C. The van der Waals surface area contributed by atoms with Crippen LogP contribution in [0.1, 0.15) is 31.2 Å². The summed E-state index contributed by atoms with van der Waals surface area (Å²) < 4.78 is 32.2. The highest BCUT2D eigenvalue weighted by molar-refractivity contribution is 7.89. The van der Waals surface area contributed by atoms with Crippen LogP contribution in [-0.2, 0) is 14.8 Å². The number of hydrogen-bond acceptors (Lipinski definition) is 4. The third kappa shape index (κ3) is 3.54. The fraction of sp³-hybridized carbons (Fsp3) is 0.727. The highest BCUT2D eigenvalue weighted by Crippen LogP contribution is 2.17. The van der Waals surface area contributed by atoms with Crippen LogP contribution in [0, 0.1) is 13.8 Å². The Balaban J connectivity index is 2.93. The lowest BCUT2D eigenvalue weighted by molar-refractivity contribution is 0.171. The second kappa shape index (κ2) is 6.31. The quantitative estimate of drug-likeness (QED) is 0.781. The molecule has 104 valence electrons. The van der Waals surface area contributed by atoms with E-state index in [0.29, 0.717) is 18.0 Å². The van der Waals surface area contributed by atoms with Crippen LogP contribution >= 0.6 is 0 Å². The summed E-state index contributed by atoms with van der Waals surface area (Å²) in [6.45, 7) is 5.73. The number of ether oxygens (including phenoxy) is 1. The lowest BCUT2D eigenvalue weighted by Gasteiger charge is -2.17. The van der Waals surface area contributed by atoms with Gasteiger partial charge in [0.1, 0.15) is 4.90 Å². The third-order valence-electron chi connectivity index (χ3n) is 2.66. The molecule has 1 unspecified atom stereocenters. The molecule has 0 aliphatic carbocycles. The predicted molar refractivity (Wildman–Crippen MR) is 69.0 cm³/mol. The summed E-state index contributed by atoms with van der Waals surface area (Å²) in [6, 6.07) is -0.210. The number of aromatic amines is 1. The standard InChI is InChI=1S/C11H21N3O3S/c1-5-6-10(7-17-4)14-18(15,16)11-8(2)12-13-9(11)3/h10,14H,5-7H2,1-4H3,(H,12,13). The van der Waals surface area contributed by atoms with Crippen molar-refractivity contribution in [1.29, 1.82) is 0 Å². The molecule has 0 aliphatic rings. The van der Waals surface area contributed by atoms with Crippen molar-refractivity contribution < 1.29 is 13.2 Å². The molecule has 0 aliphatic heterocycles. The van der Waals surface area contributed by atoms with Gasteiger partial charge in [-0.1, -0.05) is 13.3 Å². The van der Waals surface area contributed by atoms with E-state index in [0.717, 1.165) is 12.8 Å². The van der Waals surface area contributed by atoms with Crippen LogP contribution in [0.4, 0.5) is 0 Å². The number of sulfonamides is 1. The molecule has 0 saturated heterocycles. The highest BCUT2D eigenvalue weighted by atomic mass is 32.2. The van der Waals surface area contributed by atoms with E-state index in [2.05, 4.69) is 14.9 Å². The van der Waals surface area contributed by atoms with Crippen molar-refractivity contribution in [1.82, 2.24) is 14.9 Å². The summed E-state index contributed by atoms with van der Waals surface area (Å²) in [4.78, 5) is 0.236. The van der Waals surface area contributed by atoms with Gasteiger partial charge in [0.15, 0.2) is 0 Å². The Hall–Kier alpha value is -0.920. The van der Waals surface area contributed by atoms with Crippen molar-refractivity contribution in [2.45, 2.75) is 44.6 Å². The van der Waals surface area contributed by atoms with Crippen LogP contribution in [0.15, 0.2) is 4.90 Å². The summed E-state index contributed by atoms with van der Waals surface area (Å²) in [5.74, 6) is 0. The summed E-state index contributed by atoms with van der Waals surface area (Å²) in [6.07, 6.45) is 1.63. The summed E-state index contributed by atoms with van der Waals surface area (Å²) in [5, 5.41) is 6.59. The number of aromatic nitrogens is 2. The minimum atomic E-state index is -3.55. The molecule has 0 amide bonds. The topological polar surface area (TPSA) is 84.1 Å². The van der Waals surface area contributed by atoms with Gasteiger partial charge in [0.2, 0.25) is 10.0 Å². The Morgan fingerprint density at radius 1 is 1.44 bits per heavy atom. The first-order valence-electron chi connectivity index (χ1n) is 5.95. The molecule has 18 heavy (non-hydrogen) atoms. The number of aryl methyl sites for hydroxylation is 2. The monoisotopic (exact) mass is 275 g/mol. The lowest BCUT2D eigenvalue weighted by atomic mass is 10.2. The molecule has 1 heterocycles. The van der Waals surface area contributed by atoms with Gasteiger partial charge in [-0.2, -0.15) is 5.10 Å². The maximum Gasteiger partial charge on any atom is 0.244 e. The Morgan fingerprint density at radius 2 is 2.11 bits per heavy atom. The molecule has 7 heteroatoms. The maximum atomic E-state index is 12.3. The van der Waals surface area contributed by atoms with E-state index in [1.54, 1.807) is 21.0 Å². The second-order valence-corrected chi connectivity index (χ2v) is 5.98. The number of nitrogens with zero attached hydrogens (tertiary/aromatic N) is 1. The molecule has 6 nitrogen and oxygen atoms in total. The average molecular weight is 275 g/mol. The number of H-pyrrole nitrogens is 1. The third-order valence-corrected chi connectivity index (χ3v) is 4.44. The van der Waals surface area contributed by atoms with Gasteiger partial charge in [-0.3, -0.25) is 5.10 Å². The molecular weight excluding hydrogens is 254 g/mol. The van der Waals surface area contributed by atoms with Gasteiger partial charge >= 0.3 is 0 Å². The Kier molecular flexibility index (Phi) is 5.30. The number of rotatable bonds is 7. The minimum absolute atomic E-state index is 0.210. The molecular formula is C11H21N3O3S. The molecule has 1 aromatic heterocycles. The first-order valence-corrected chi connectivity index (χ1v) is 7.43. The van der Waals surface area contributed by atoms with Crippen LogP contribution in [0.2, 0.25) is 0 Å². The van der Waals surface area contributed by atoms with Gasteiger partial charge in [-0.05, 0) is 20.3 Å². The van der Waals surface area contributed by atoms with Crippen LogP contribution in [-0.4, -0.2) is 38.4 Å². The molecule has 0 aromatic carbocycles. The van der Waals surface area contributed by atoms with Gasteiger partial charge in [-0.15, -0.1) is 0 Å². The normalized spacial score (nSPS) is 13.8. The van der Waals surface area contributed by atoms with E-state index in [-0.39, 0.29) is 10.9 Å². The van der Waals surface area contributed by atoms with Crippen molar-refractivity contribution in [2.75, 3.05) is 13.7 Å². The predicted octanol–water partition coefficient (Wildman–Crippen LogP) is 1.12. The zero-order chi connectivity index (χ0) is 13.8. The van der Waals surface area contributed by atoms with Crippen LogP contribution in [0.25, 0.3) is 0 Å². The molecule has 2 N–H and O–H groups in total. The van der Waals surface area contributed by atoms with Gasteiger partial charge < -0.3 is 4.74 Å². The molecule has 0 saturated carbocycles. The van der Waals surface area contributed by atoms with E-state index < -0.39 is 10.0 Å². The van der Waals surface area contributed by atoms with Crippen LogP contribution in [0.3, 0.4) is 0 Å². The Labute approximate surface area is 108 Å². The Morgan fingerprint density at radius 3 is 2.56 bits per heavy atom. The minimum Gasteiger partial charge on any atom is -0.383 e. The molecule has 0 fully saturated rings. The van der Waals surface area contributed by atoms with Crippen LogP contribution in [0.5, 0.6) is 0 Å². The van der Waals surface area contributed by atoms with E-state index in [9.17, 15) is 8.42 Å².